The van der Waals surface area contributed by atoms with Gasteiger partial charge in [0.1, 0.15) is 11.6 Å². The van der Waals surface area contributed by atoms with E-state index in [1.54, 1.807) is 12.1 Å². The smallest absolute Gasteiger partial charge is 0.123 e. The Morgan fingerprint density at radius 1 is 1.21 bits per heavy atom. The minimum absolute atomic E-state index is 0.227. The molecule has 1 aromatic carbocycles. The van der Waals surface area contributed by atoms with Crippen LogP contribution in [-0.4, -0.2) is 6.61 Å². The lowest BCUT2D eigenvalue weighted by molar-refractivity contribution is 0.318. The van der Waals surface area contributed by atoms with E-state index in [4.69, 9.17) is 4.74 Å². The van der Waals surface area contributed by atoms with Gasteiger partial charge in [-0.05, 0) is 37.1 Å². The van der Waals surface area contributed by atoms with Gasteiger partial charge in [0.2, 0.25) is 0 Å². The quantitative estimate of drug-likeness (QED) is 0.630. The monoisotopic (exact) mass is 195 g/mol. The van der Waals surface area contributed by atoms with Crippen LogP contribution in [0.5, 0.6) is 5.75 Å². The highest BCUT2D eigenvalue weighted by atomic mass is 19.1. The Hall–Kier alpha value is -1.05. The van der Waals surface area contributed by atoms with E-state index in [1.165, 1.54) is 18.6 Å². The van der Waals surface area contributed by atoms with Gasteiger partial charge in [-0.2, -0.15) is 0 Å². The molecule has 1 nitrogen and oxygen atoms in total. The van der Waals surface area contributed by atoms with Gasteiger partial charge in [0, 0.05) is 0 Å². The number of hydrogen-bond acceptors (Lipinski definition) is 1. The molecule has 1 rings (SSSR count). The number of ether oxygens (including phenoxy) is 1. The van der Waals surface area contributed by atoms with Crippen molar-refractivity contribution in [2.75, 3.05) is 6.61 Å². The predicted octanol–water partition coefficient (Wildman–Crippen LogP) is 3.60. The summed E-state index contributed by atoms with van der Waals surface area (Å²) in [6.07, 6.45) is 5.47. The third-order valence-corrected chi connectivity index (χ3v) is 1.90. The summed E-state index contributed by atoms with van der Waals surface area (Å²) < 4.78 is 17.9. The molecular weight excluding hydrogens is 179 g/mol. The van der Waals surface area contributed by atoms with E-state index in [0.29, 0.717) is 6.61 Å². The van der Waals surface area contributed by atoms with Gasteiger partial charge in [0.25, 0.3) is 0 Å². The maximum absolute atomic E-state index is 12.5. The Kier molecular flexibility index (Phi) is 5.05. The van der Waals surface area contributed by atoms with Crippen molar-refractivity contribution >= 4 is 0 Å². The zero-order chi connectivity index (χ0) is 10.2. The zero-order valence-electron chi connectivity index (χ0n) is 8.50. The summed E-state index contributed by atoms with van der Waals surface area (Å²) in [4.78, 5) is 0. The molecule has 0 unspecified atom stereocenters. The first-order valence-electron chi connectivity index (χ1n) is 5.03. The summed E-state index contributed by atoms with van der Waals surface area (Å²) in [6.45, 7) is 2.82. The molecule has 1 aromatic rings. The minimum Gasteiger partial charge on any atom is -0.494 e. The van der Waals surface area contributed by atoms with Crippen LogP contribution in [-0.2, 0) is 0 Å². The van der Waals surface area contributed by atoms with Crippen LogP contribution in [0.2, 0.25) is 0 Å². The Morgan fingerprint density at radius 3 is 2.57 bits per heavy atom. The molecule has 0 fully saturated rings. The summed E-state index contributed by atoms with van der Waals surface area (Å²) in [7, 11) is 0. The molecule has 0 aliphatic carbocycles. The van der Waals surface area contributed by atoms with E-state index in [0.717, 1.165) is 18.6 Å². The molecule has 0 N–H and O–H groups in total. The van der Waals surface area contributed by atoms with Crippen molar-refractivity contribution in [2.24, 2.45) is 0 Å². The average molecular weight is 195 g/mol. The Balaban J connectivity index is 2.15. The van der Waals surface area contributed by atoms with Crippen molar-refractivity contribution in [3.63, 3.8) is 0 Å². The maximum atomic E-state index is 12.5. The van der Waals surface area contributed by atoms with Crippen molar-refractivity contribution in [2.45, 2.75) is 26.2 Å². The summed E-state index contributed by atoms with van der Waals surface area (Å²) in [5.74, 6) is 0.506. The molecule has 0 aromatic heterocycles. The fourth-order valence-electron chi connectivity index (χ4n) is 1.14. The van der Waals surface area contributed by atoms with Gasteiger partial charge >= 0.3 is 0 Å². The Morgan fingerprint density at radius 2 is 1.93 bits per heavy atom. The molecule has 0 saturated heterocycles. The molecule has 0 spiro atoms. The summed E-state index contributed by atoms with van der Waals surface area (Å²) in [6, 6.07) is 6.11. The van der Waals surface area contributed by atoms with Gasteiger partial charge in [-0.1, -0.05) is 19.8 Å². The fourth-order valence-corrected chi connectivity index (χ4v) is 1.14. The third kappa shape index (κ3) is 4.26. The fraction of sp³-hybridized carbons (Fsp3) is 0.417. The predicted molar refractivity (Wildman–Crippen MR) is 55.7 cm³/mol. The summed E-state index contributed by atoms with van der Waals surface area (Å²) in [5.41, 5.74) is 0. The first-order valence-corrected chi connectivity index (χ1v) is 5.03. The van der Waals surface area contributed by atoms with Gasteiger partial charge in [-0.25, -0.2) is 4.39 Å². The third-order valence-electron chi connectivity index (χ3n) is 1.90. The highest BCUT2D eigenvalue weighted by Crippen LogP contribution is 2.11. The number of halogens is 1. The SMILES string of the molecule is CCC[CH]CCOc1ccc(F)cc1. The molecule has 0 aliphatic heterocycles. The molecule has 0 saturated carbocycles. The Bertz CT molecular complexity index is 243. The highest BCUT2D eigenvalue weighted by Gasteiger charge is 1.94. The topological polar surface area (TPSA) is 9.23 Å². The second kappa shape index (κ2) is 6.41. The normalized spacial score (nSPS) is 10.1. The van der Waals surface area contributed by atoms with Crippen molar-refractivity contribution in [1.29, 1.82) is 0 Å². The van der Waals surface area contributed by atoms with Crippen LogP contribution in [0.15, 0.2) is 24.3 Å². The molecule has 0 aliphatic rings. The van der Waals surface area contributed by atoms with E-state index < -0.39 is 0 Å². The first kappa shape index (κ1) is 11.0. The molecule has 0 bridgehead atoms. The van der Waals surface area contributed by atoms with Crippen molar-refractivity contribution < 1.29 is 9.13 Å². The van der Waals surface area contributed by atoms with Crippen molar-refractivity contribution in [3.8, 4) is 5.75 Å². The van der Waals surface area contributed by atoms with Crippen LogP contribution in [0.4, 0.5) is 4.39 Å². The number of unbranched alkanes of at least 4 members (excludes halogenated alkanes) is 3. The molecule has 0 heterocycles. The highest BCUT2D eigenvalue weighted by molar-refractivity contribution is 5.21. The molecule has 14 heavy (non-hydrogen) atoms. The van der Waals surface area contributed by atoms with Crippen LogP contribution in [0, 0.1) is 12.2 Å². The second-order valence-electron chi connectivity index (χ2n) is 3.17. The zero-order valence-corrected chi connectivity index (χ0v) is 8.50. The van der Waals surface area contributed by atoms with E-state index in [1.807, 2.05) is 0 Å². The van der Waals surface area contributed by atoms with Gasteiger partial charge in [-0.3, -0.25) is 0 Å². The van der Waals surface area contributed by atoms with Crippen molar-refractivity contribution in [1.82, 2.24) is 0 Å². The van der Waals surface area contributed by atoms with Crippen molar-refractivity contribution in [3.05, 3.63) is 36.5 Å². The molecule has 0 amide bonds. The molecule has 2 heteroatoms. The van der Waals surface area contributed by atoms with Gasteiger partial charge < -0.3 is 4.74 Å². The van der Waals surface area contributed by atoms with Gasteiger partial charge in [-0.15, -0.1) is 0 Å². The largest absolute Gasteiger partial charge is 0.494 e. The van der Waals surface area contributed by atoms with Gasteiger partial charge in [0.15, 0.2) is 0 Å². The van der Waals surface area contributed by atoms with Crippen LogP contribution in [0.25, 0.3) is 0 Å². The van der Waals surface area contributed by atoms with E-state index in [9.17, 15) is 4.39 Å². The standard InChI is InChI=1S/C12H16FO/c1-2-3-4-5-10-14-12-8-6-11(13)7-9-12/h4,6-9H,2-3,5,10H2,1H3. The summed E-state index contributed by atoms with van der Waals surface area (Å²) >= 11 is 0. The Labute approximate surface area is 84.9 Å². The number of rotatable bonds is 6. The minimum atomic E-state index is -0.227. The molecule has 1 radical (unpaired) electrons. The van der Waals surface area contributed by atoms with E-state index in [2.05, 4.69) is 13.3 Å². The van der Waals surface area contributed by atoms with E-state index in [-0.39, 0.29) is 5.82 Å². The summed E-state index contributed by atoms with van der Waals surface area (Å²) in [5, 5.41) is 0. The lowest BCUT2D eigenvalue weighted by Crippen LogP contribution is -1.97. The van der Waals surface area contributed by atoms with Crippen LogP contribution in [0.3, 0.4) is 0 Å². The number of hydrogen-bond donors (Lipinski definition) is 0. The average Bonchev–Trinajstić information content (AvgIpc) is 2.21. The van der Waals surface area contributed by atoms with Gasteiger partial charge in [0.05, 0.1) is 6.61 Å². The molecular formula is C12H16FO. The maximum Gasteiger partial charge on any atom is 0.123 e. The molecule has 0 atom stereocenters. The lowest BCUT2D eigenvalue weighted by Gasteiger charge is -2.04. The molecule has 77 valence electrons. The lowest BCUT2D eigenvalue weighted by atomic mass is 10.2. The van der Waals surface area contributed by atoms with Crippen LogP contribution >= 0.6 is 0 Å². The first-order chi connectivity index (χ1) is 6.83. The van der Waals surface area contributed by atoms with Crippen LogP contribution in [0.1, 0.15) is 26.2 Å². The second-order valence-corrected chi connectivity index (χ2v) is 3.17. The van der Waals surface area contributed by atoms with Crippen LogP contribution < -0.4 is 4.74 Å². The van der Waals surface area contributed by atoms with E-state index >= 15 is 0 Å². The number of benzene rings is 1.